The van der Waals surface area contributed by atoms with Crippen LogP contribution < -0.4 is 5.32 Å². The van der Waals surface area contributed by atoms with Gasteiger partial charge >= 0.3 is 18.2 Å². The average Bonchev–Trinajstić information content (AvgIpc) is 3.20. The lowest BCUT2D eigenvalue weighted by Gasteiger charge is -2.33. The summed E-state index contributed by atoms with van der Waals surface area (Å²) in [7, 11) is 0. The zero-order chi connectivity index (χ0) is 18.9. The van der Waals surface area contributed by atoms with Crippen molar-refractivity contribution < 1.29 is 27.5 Å². The SMILES string of the molecule is CCCOC(=O)C1C2CCC(C2)N1C(=O)Nc1cccc(C(F)(F)F)c1. The third-order valence-corrected chi connectivity index (χ3v) is 4.95. The maximum Gasteiger partial charge on any atom is 0.416 e. The van der Waals surface area contributed by atoms with Gasteiger partial charge in [0, 0.05) is 11.7 Å². The molecule has 1 saturated carbocycles. The van der Waals surface area contributed by atoms with Crippen molar-refractivity contribution in [3.8, 4) is 0 Å². The Kier molecular flexibility index (Phi) is 5.11. The van der Waals surface area contributed by atoms with Gasteiger partial charge in [-0.2, -0.15) is 13.2 Å². The van der Waals surface area contributed by atoms with Crippen LogP contribution in [-0.4, -0.2) is 35.6 Å². The lowest BCUT2D eigenvalue weighted by Crippen LogP contribution is -2.51. The summed E-state index contributed by atoms with van der Waals surface area (Å²) in [6, 6.07) is 3.16. The number of halogens is 3. The molecule has 1 aromatic rings. The Morgan fingerprint density at radius 3 is 2.77 bits per heavy atom. The lowest BCUT2D eigenvalue weighted by molar-refractivity contribution is -0.150. The molecule has 8 heteroatoms. The Labute approximate surface area is 149 Å². The number of likely N-dealkylation sites (tertiary alicyclic amines) is 1. The molecule has 2 amide bonds. The van der Waals surface area contributed by atoms with Crippen LogP contribution in [0, 0.1) is 5.92 Å². The maximum absolute atomic E-state index is 12.8. The number of rotatable bonds is 4. The first kappa shape index (κ1) is 18.5. The van der Waals surface area contributed by atoms with Gasteiger partial charge in [0.25, 0.3) is 0 Å². The minimum Gasteiger partial charge on any atom is -0.464 e. The van der Waals surface area contributed by atoms with E-state index in [1.807, 2.05) is 6.92 Å². The molecule has 3 atom stereocenters. The van der Waals surface area contributed by atoms with Crippen LogP contribution in [0.15, 0.2) is 24.3 Å². The molecule has 2 bridgehead atoms. The number of carbonyl (C=O) groups is 2. The Balaban J connectivity index is 1.75. The van der Waals surface area contributed by atoms with Gasteiger partial charge in [0.1, 0.15) is 6.04 Å². The molecule has 3 rings (SSSR count). The number of ether oxygens (including phenoxy) is 1. The largest absolute Gasteiger partial charge is 0.464 e. The second kappa shape index (κ2) is 7.17. The number of alkyl halides is 3. The van der Waals surface area contributed by atoms with Gasteiger partial charge in [-0.25, -0.2) is 9.59 Å². The standard InChI is InChI=1S/C18H21F3N2O3/c1-2-8-26-16(24)15-11-6-7-14(9-11)23(15)17(25)22-13-5-3-4-12(10-13)18(19,20)21/h3-5,10-11,14-15H,2,6-9H2,1H3,(H,22,25). The molecule has 142 valence electrons. The molecular weight excluding hydrogens is 349 g/mol. The molecule has 1 aliphatic heterocycles. The zero-order valence-electron chi connectivity index (χ0n) is 14.4. The van der Waals surface area contributed by atoms with Crippen LogP contribution in [-0.2, 0) is 15.7 Å². The highest BCUT2D eigenvalue weighted by atomic mass is 19.4. The number of anilines is 1. The van der Waals surface area contributed by atoms with Crippen molar-refractivity contribution in [2.45, 2.75) is 50.9 Å². The van der Waals surface area contributed by atoms with Crippen molar-refractivity contribution in [2.75, 3.05) is 11.9 Å². The third kappa shape index (κ3) is 3.64. The molecule has 2 fully saturated rings. The van der Waals surface area contributed by atoms with Crippen LogP contribution in [0.5, 0.6) is 0 Å². The number of carbonyl (C=O) groups excluding carboxylic acids is 2. The fourth-order valence-corrected chi connectivity index (χ4v) is 3.83. The quantitative estimate of drug-likeness (QED) is 0.814. The van der Waals surface area contributed by atoms with Gasteiger partial charge in [0.05, 0.1) is 12.2 Å². The summed E-state index contributed by atoms with van der Waals surface area (Å²) in [5, 5.41) is 2.50. The van der Waals surface area contributed by atoms with E-state index in [2.05, 4.69) is 5.32 Å². The molecule has 0 radical (unpaired) electrons. The van der Waals surface area contributed by atoms with Gasteiger partial charge in [-0.05, 0) is 49.8 Å². The molecule has 1 aromatic carbocycles. The third-order valence-electron chi connectivity index (χ3n) is 4.95. The number of piperidine rings is 1. The predicted molar refractivity (Wildman–Crippen MR) is 88.5 cm³/mol. The molecule has 3 unspecified atom stereocenters. The lowest BCUT2D eigenvalue weighted by atomic mass is 9.99. The smallest absolute Gasteiger partial charge is 0.416 e. The molecule has 1 heterocycles. The van der Waals surface area contributed by atoms with Crippen LogP contribution in [0.1, 0.15) is 38.2 Å². The second-order valence-electron chi connectivity index (χ2n) is 6.76. The monoisotopic (exact) mass is 370 g/mol. The first-order chi connectivity index (χ1) is 12.3. The van der Waals surface area contributed by atoms with Crippen LogP contribution in [0.25, 0.3) is 0 Å². The number of hydrogen-bond acceptors (Lipinski definition) is 3. The first-order valence-corrected chi connectivity index (χ1v) is 8.74. The van der Waals surface area contributed by atoms with E-state index in [9.17, 15) is 22.8 Å². The minimum absolute atomic E-state index is 0.0493. The van der Waals surface area contributed by atoms with Gasteiger partial charge in [0.15, 0.2) is 0 Å². The minimum atomic E-state index is -4.49. The number of benzene rings is 1. The molecule has 0 aromatic heterocycles. The molecule has 1 saturated heterocycles. The Morgan fingerprint density at radius 1 is 1.31 bits per heavy atom. The van der Waals surface area contributed by atoms with Gasteiger partial charge in [0.2, 0.25) is 0 Å². The summed E-state index contributed by atoms with van der Waals surface area (Å²) < 4.78 is 43.7. The summed E-state index contributed by atoms with van der Waals surface area (Å²) in [6.07, 6.45) is -1.44. The second-order valence-corrected chi connectivity index (χ2v) is 6.76. The molecule has 26 heavy (non-hydrogen) atoms. The number of fused-ring (bicyclic) bond motifs is 2. The van der Waals surface area contributed by atoms with E-state index in [1.54, 1.807) is 0 Å². The highest BCUT2D eigenvalue weighted by Gasteiger charge is 2.52. The number of amides is 2. The van der Waals surface area contributed by atoms with Crippen molar-refractivity contribution >= 4 is 17.7 Å². The van der Waals surface area contributed by atoms with Crippen LogP contribution >= 0.6 is 0 Å². The first-order valence-electron chi connectivity index (χ1n) is 8.74. The summed E-state index contributed by atoms with van der Waals surface area (Å²) in [5.74, 6) is -0.380. The van der Waals surface area contributed by atoms with Crippen LogP contribution in [0.3, 0.4) is 0 Å². The van der Waals surface area contributed by atoms with Gasteiger partial charge in [-0.3, -0.25) is 0 Å². The fraction of sp³-hybridized carbons (Fsp3) is 0.556. The maximum atomic E-state index is 12.8. The zero-order valence-corrected chi connectivity index (χ0v) is 14.4. The molecule has 1 aliphatic carbocycles. The van der Waals surface area contributed by atoms with E-state index in [-0.39, 0.29) is 24.3 Å². The van der Waals surface area contributed by atoms with E-state index in [0.29, 0.717) is 6.42 Å². The van der Waals surface area contributed by atoms with Crippen LogP contribution in [0.2, 0.25) is 0 Å². The molecule has 2 aliphatic rings. The van der Waals surface area contributed by atoms with Gasteiger partial charge in [-0.1, -0.05) is 13.0 Å². The molecular formula is C18H21F3N2O3. The van der Waals surface area contributed by atoms with E-state index in [1.165, 1.54) is 17.0 Å². The average molecular weight is 370 g/mol. The Morgan fingerprint density at radius 2 is 2.08 bits per heavy atom. The number of urea groups is 1. The normalized spacial score (nSPS) is 24.6. The number of hydrogen-bond donors (Lipinski definition) is 1. The van der Waals surface area contributed by atoms with Crippen molar-refractivity contribution in [1.29, 1.82) is 0 Å². The predicted octanol–water partition coefficient (Wildman–Crippen LogP) is 4.04. The fourth-order valence-electron chi connectivity index (χ4n) is 3.83. The number of esters is 1. The van der Waals surface area contributed by atoms with Crippen molar-refractivity contribution in [2.24, 2.45) is 5.92 Å². The van der Waals surface area contributed by atoms with E-state index >= 15 is 0 Å². The Bertz CT molecular complexity index is 693. The number of nitrogens with zero attached hydrogens (tertiary/aromatic N) is 1. The highest BCUT2D eigenvalue weighted by molar-refractivity contribution is 5.93. The summed E-state index contributed by atoms with van der Waals surface area (Å²) in [5.41, 5.74) is -0.787. The topological polar surface area (TPSA) is 58.6 Å². The number of nitrogens with one attached hydrogen (secondary N) is 1. The van der Waals surface area contributed by atoms with E-state index < -0.39 is 29.8 Å². The summed E-state index contributed by atoms with van der Waals surface area (Å²) in [4.78, 5) is 26.5. The van der Waals surface area contributed by atoms with Gasteiger partial charge < -0.3 is 15.0 Å². The molecule has 0 spiro atoms. The van der Waals surface area contributed by atoms with E-state index in [0.717, 1.165) is 31.4 Å². The summed E-state index contributed by atoms with van der Waals surface area (Å²) >= 11 is 0. The van der Waals surface area contributed by atoms with Crippen LogP contribution in [0.4, 0.5) is 23.7 Å². The van der Waals surface area contributed by atoms with E-state index in [4.69, 9.17) is 4.74 Å². The summed E-state index contributed by atoms with van der Waals surface area (Å²) in [6.45, 7) is 2.17. The van der Waals surface area contributed by atoms with Crippen molar-refractivity contribution in [3.05, 3.63) is 29.8 Å². The highest BCUT2D eigenvalue weighted by Crippen LogP contribution is 2.43. The van der Waals surface area contributed by atoms with Crippen molar-refractivity contribution in [3.63, 3.8) is 0 Å². The Hall–Kier alpha value is -2.25. The van der Waals surface area contributed by atoms with Gasteiger partial charge in [-0.15, -0.1) is 0 Å². The molecule has 1 N–H and O–H groups in total. The van der Waals surface area contributed by atoms with Crippen molar-refractivity contribution in [1.82, 2.24) is 4.90 Å². The molecule has 5 nitrogen and oxygen atoms in total.